The molecule has 3 rings (SSSR count). The molecule has 0 aliphatic carbocycles. The van der Waals surface area contributed by atoms with Gasteiger partial charge in [0.1, 0.15) is 0 Å². The monoisotopic (exact) mass is 325 g/mol. The average molecular weight is 325 g/mol. The summed E-state index contributed by atoms with van der Waals surface area (Å²) in [7, 11) is 0. The Balaban J connectivity index is 1.88. The summed E-state index contributed by atoms with van der Waals surface area (Å²) in [6, 6.07) is 17.2. The van der Waals surface area contributed by atoms with E-state index in [9.17, 15) is 4.79 Å². The molecule has 0 saturated carbocycles. The van der Waals surface area contributed by atoms with Gasteiger partial charge in [0.25, 0.3) is 0 Å². The normalized spacial score (nSPS) is 16.8. The van der Waals surface area contributed by atoms with Crippen molar-refractivity contribution in [2.75, 3.05) is 16.8 Å². The van der Waals surface area contributed by atoms with Crippen LogP contribution in [0.3, 0.4) is 0 Å². The predicted molar refractivity (Wildman–Crippen MR) is 98.5 cm³/mol. The van der Waals surface area contributed by atoms with Crippen LogP contribution in [0.1, 0.15) is 12.5 Å². The van der Waals surface area contributed by atoms with Crippen molar-refractivity contribution < 1.29 is 4.79 Å². The molecule has 5 heteroatoms. The summed E-state index contributed by atoms with van der Waals surface area (Å²) >= 11 is 1.63. The lowest BCUT2D eigenvalue weighted by atomic mass is 10.2. The van der Waals surface area contributed by atoms with Gasteiger partial charge in [-0.15, -0.1) is 0 Å². The standard InChI is InChI=1S/C18H19N3OS/c1-13-8-10-16(11-9-13)21(18-19-12-14(2)23-18)17(22)20-15-6-4-3-5-7-15/h3-11,14H,12H2,1-2H3,(H,20,22)/t14-/m1/s1. The minimum atomic E-state index is -0.194. The molecule has 1 atom stereocenters. The number of carbonyl (C=O) groups excluding carboxylic acids is 1. The van der Waals surface area contributed by atoms with E-state index in [-0.39, 0.29) is 6.03 Å². The number of amidine groups is 1. The molecule has 0 aromatic heterocycles. The van der Waals surface area contributed by atoms with Crippen LogP contribution in [0.2, 0.25) is 0 Å². The van der Waals surface area contributed by atoms with Crippen LogP contribution in [0, 0.1) is 6.92 Å². The predicted octanol–water partition coefficient (Wildman–Crippen LogP) is 4.52. The number of carbonyl (C=O) groups is 1. The molecule has 0 unspecified atom stereocenters. The van der Waals surface area contributed by atoms with Crippen molar-refractivity contribution in [2.24, 2.45) is 4.99 Å². The molecule has 0 spiro atoms. The first-order valence-corrected chi connectivity index (χ1v) is 8.45. The molecule has 0 bridgehead atoms. The second-order valence-corrected chi connectivity index (χ2v) is 6.92. The summed E-state index contributed by atoms with van der Waals surface area (Å²) in [5.74, 6) is 0. The lowest BCUT2D eigenvalue weighted by Gasteiger charge is -2.23. The minimum absolute atomic E-state index is 0.194. The highest BCUT2D eigenvalue weighted by atomic mass is 32.2. The van der Waals surface area contributed by atoms with E-state index in [4.69, 9.17) is 0 Å². The molecule has 1 N–H and O–H groups in total. The van der Waals surface area contributed by atoms with E-state index < -0.39 is 0 Å². The molecule has 0 saturated heterocycles. The van der Waals surface area contributed by atoms with E-state index in [1.807, 2.05) is 61.5 Å². The van der Waals surface area contributed by atoms with Crippen LogP contribution in [0.5, 0.6) is 0 Å². The topological polar surface area (TPSA) is 44.7 Å². The highest BCUT2D eigenvalue weighted by Gasteiger charge is 2.27. The molecule has 4 nitrogen and oxygen atoms in total. The molecule has 1 aliphatic heterocycles. The van der Waals surface area contributed by atoms with Crippen molar-refractivity contribution in [2.45, 2.75) is 19.1 Å². The fourth-order valence-corrected chi connectivity index (χ4v) is 3.25. The Bertz CT molecular complexity index is 713. The molecule has 0 fully saturated rings. The van der Waals surface area contributed by atoms with Gasteiger partial charge in [0, 0.05) is 10.9 Å². The third-order valence-corrected chi connectivity index (χ3v) is 4.58. The number of amides is 2. The molecule has 2 amide bonds. The maximum absolute atomic E-state index is 12.8. The van der Waals surface area contributed by atoms with E-state index >= 15 is 0 Å². The molecule has 1 aliphatic rings. The molecule has 2 aromatic rings. The summed E-state index contributed by atoms with van der Waals surface area (Å²) in [4.78, 5) is 19.0. The number of aryl methyl sites for hydroxylation is 1. The maximum Gasteiger partial charge on any atom is 0.332 e. The third kappa shape index (κ3) is 3.74. The van der Waals surface area contributed by atoms with Gasteiger partial charge in [-0.25, -0.2) is 9.69 Å². The van der Waals surface area contributed by atoms with Crippen molar-refractivity contribution in [3.8, 4) is 0 Å². The van der Waals surface area contributed by atoms with E-state index in [2.05, 4.69) is 17.2 Å². The maximum atomic E-state index is 12.8. The highest BCUT2D eigenvalue weighted by molar-refractivity contribution is 8.15. The van der Waals surface area contributed by atoms with E-state index in [1.165, 1.54) is 0 Å². The van der Waals surface area contributed by atoms with Crippen LogP contribution >= 0.6 is 11.8 Å². The molecular formula is C18H19N3OS. The van der Waals surface area contributed by atoms with Crippen molar-refractivity contribution in [3.63, 3.8) is 0 Å². The number of hydrogen-bond acceptors (Lipinski definition) is 3. The van der Waals surface area contributed by atoms with Crippen molar-refractivity contribution in [1.82, 2.24) is 0 Å². The lowest BCUT2D eigenvalue weighted by molar-refractivity contribution is 0.259. The van der Waals surface area contributed by atoms with Crippen molar-refractivity contribution in [1.29, 1.82) is 0 Å². The Hall–Kier alpha value is -2.27. The Kier molecular flexibility index (Phi) is 4.67. The highest BCUT2D eigenvalue weighted by Crippen LogP contribution is 2.28. The summed E-state index contributed by atoms with van der Waals surface area (Å²) in [5.41, 5.74) is 2.75. The Labute approximate surface area is 140 Å². The number of anilines is 2. The number of nitrogens with one attached hydrogen (secondary N) is 1. The molecule has 23 heavy (non-hydrogen) atoms. The number of urea groups is 1. The lowest BCUT2D eigenvalue weighted by Crippen LogP contribution is -2.38. The van der Waals surface area contributed by atoms with Gasteiger partial charge < -0.3 is 5.32 Å². The number of thioether (sulfide) groups is 1. The molecule has 1 heterocycles. The number of aliphatic imine (C=N–C) groups is 1. The zero-order valence-electron chi connectivity index (χ0n) is 13.2. The van der Waals surface area contributed by atoms with Gasteiger partial charge >= 0.3 is 6.03 Å². The fourth-order valence-electron chi connectivity index (χ4n) is 2.29. The summed E-state index contributed by atoms with van der Waals surface area (Å²) < 4.78 is 0. The Morgan fingerprint density at radius 2 is 1.87 bits per heavy atom. The number of hydrogen-bond donors (Lipinski definition) is 1. The molecule has 2 aromatic carbocycles. The smallest absolute Gasteiger partial charge is 0.307 e. The van der Waals surface area contributed by atoms with Gasteiger partial charge in [0.05, 0.1) is 12.2 Å². The van der Waals surface area contributed by atoms with Crippen LogP contribution in [-0.2, 0) is 0 Å². The van der Waals surface area contributed by atoms with Gasteiger partial charge in [-0.1, -0.05) is 54.6 Å². The first-order chi connectivity index (χ1) is 11.1. The van der Waals surface area contributed by atoms with Crippen molar-refractivity contribution >= 4 is 34.3 Å². The summed E-state index contributed by atoms with van der Waals surface area (Å²) in [6.45, 7) is 4.88. The van der Waals surface area contributed by atoms with Crippen LogP contribution in [0.4, 0.5) is 16.2 Å². The van der Waals surface area contributed by atoms with E-state index in [1.54, 1.807) is 16.7 Å². The van der Waals surface area contributed by atoms with Crippen LogP contribution in [0.15, 0.2) is 59.6 Å². The van der Waals surface area contributed by atoms with Gasteiger partial charge in [-0.05, 0) is 31.2 Å². The van der Waals surface area contributed by atoms with Gasteiger partial charge in [-0.2, -0.15) is 0 Å². The van der Waals surface area contributed by atoms with Crippen molar-refractivity contribution in [3.05, 3.63) is 60.2 Å². The van der Waals surface area contributed by atoms with Gasteiger partial charge in [0.15, 0.2) is 5.17 Å². The third-order valence-electron chi connectivity index (χ3n) is 3.50. The summed E-state index contributed by atoms with van der Waals surface area (Å²) in [5, 5.41) is 4.08. The number of para-hydroxylation sites is 1. The SMILES string of the molecule is Cc1ccc(N(C(=O)Nc2ccccc2)C2=NC[C@@H](C)S2)cc1. The second kappa shape index (κ2) is 6.87. The van der Waals surface area contributed by atoms with Crippen LogP contribution in [0.25, 0.3) is 0 Å². The summed E-state index contributed by atoms with van der Waals surface area (Å²) in [6.07, 6.45) is 0. The largest absolute Gasteiger partial charge is 0.332 e. The molecule has 118 valence electrons. The molecular weight excluding hydrogens is 306 g/mol. The zero-order valence-corrected chi connectivity index (χ0v) is 14.0. The first kappa shape index (κ1) is 15.6. The van der Waals surface area contributed by atoms with Crippen LogP contribution < -0.4 is 10.2 Å². The fraction of sp³-hybridized carbons (Fsp3) is 0.222. The van der Waals surface area contributed by atoms with Gasteiger partial charge in [0.2, 0.25) is 0 Å². The van der Waals surface area contributed by atoms with Gasteiger partial charge in [-0.3, -0.25) is 4.99 Å². The minimum Gasteiger partial charge on any atom is -0.307 e. The number of nitrogens with zero attached hydrogens (tertiary/aromatic N) is 2. The number of rotatable bonds is 2. The Morgan fingerprint density at radius 3 is 2.48 bits per heavy atom. The zero-order chi connectivity index (χ0) is 16.2. The van der Waals surface area contributed by atoms with Crippen LogP contribution in [-0.4, -0.2) is 23.0 Å². The average Bonchev–Trinajstić information content (AvgIpc) is 2.96. The second-order valence-electron chi connectivity index (χ2n) is 5.52. The number of benzene rings is 2. The van der Waals surface area contributed by atoms with E-state index in [0.717, 1.165) is 28.7 Å². The first-order valence-electron chi connectivity index (χ1n) is 7.57. The Morgan fingerprint density at radius 1 is 1.17 bits per heavy atom. The quantitative estimate of drug-likeness (QED) is 0.882. The van der Waals surface area contributed by atoms with E-state index in [0.29, 0.717) is 5.25 Å². The molecule has 0 radical (unpaired) electrons.